The molecule has 0 heterocycles. The maximum atomic E-state index is 12.1. The normalized spacial score (nSPS) is 10.9. The van der Waals surface area contributed by atoms with Crippen LogP contribution in [0.1, 0.15) is 31.1 Å². The lowest BCUT2D eigenvalue weighted by Gasteiger charge is -2.16. The van der Waals surface area contributed by atoms with Gasteiger partial charge in [0.25, 0.3) is 5.91 Å². The van der Waals surface area contributed by atoms with Crippen LogP contribution in [0.25, 0.3) is 11.1 Å². The fourth-order valence-corrected chi connectivity index (χ4v) is 2.11. The monoisotopic (exact) mass is 353 g/mol. The Morgan fingerprint density at radius 1 is 0.885 bits per heavy atom. The highest BCUT2D eigenvalue weighted by molar-refractivity contribution is 5.96. The minimum Gasteiger partial charge on any atom is -0.456 e. The fourth-order valence-electron chi connectivity index (χ4n) is 2.11. The second kappa shape index (κ2) is 8.43. The number of hydrogen-bond donors (Lipinski definition) is 1. The summed E-state index contributed by atoms with van der Waals surface area (Å²) in [5, 5.41) is 2.50. The number of benzene rings is 2. The van der Waals surface area contributed by atoms with E-state index in [1.807, 2.05) is 42.5 Å². The third-order valence-corrected chi connectivity index (χ3v) is 3.85. The third kappa shape index (κ3) is 5.55. The number of ether oxygens (including phenoxy) is 1. The van der Waals surface area contributed by atoms with Crippen LogP contribution in [0.2, 0.25) is 0 Å². The van der Waals surface area contributed by atoms with Gasteiger partial charge in [-0.15, -0.1) is 0 Å². The van der Waals surface area contributed by atoms with E-state index >= 15 is 0 Å². The molecule has 0 saturated carbocycles. The Balaban J connectivity index is 1.84. The predicted octanol–water partition coefficient (Wildman–Crippen LogP) is 3.24. The Morgan fingerprint density at radius 2 is 1.46 bits per heavy atom. The van der Waals surface area contributed by atoms with Crippen LogP contribution in [0, 0.1) is 5.41 Å². The van der Waals surface area contributed by atoms with Crippen molar-refractivity contribution >= 4 is 17.7 Å². The molecule has 2 rings (SSSR count). The van der Waals surface area contributed by atoms with E-state index in [1.54, 1.807) is 32.9 Å². The average Bonchev–Trinajstić information content (AvgIpc) is 2.64. The number of amides is 1. The molecule has 0 aliphatic carbocycles. The topological polar surface area (TPSA) is 72.5 Å². The number of nitrogens with one attached hydrogen (secondary N) is 1. The molecule has 0 bridgehead atoms. The molecule has 0 radical (unpaired) electrons. The molecule has 0 spiro atoms. The van der Waals surface area contributed by atoms with Crippen molar-refractivity contribution in [3.63, 3.8) is 0 Å². The van der Waals surface area contributed by atoms with Crippen LogP contribution in [0.15, 0.2) is 54.6 Å². The molecule has 0 saturated heterocycles. The van der Waals surface area contributed by atoms with E-state index in [9.17, 15) is 14.4 Å². The molecule has 2 aromatic rings. The van der Waals surface area contributed by atoms with Crippen molar-refractivity contribution in [3.8, 4) is 11.1 Å². The highest BCUT2D eigenvalue weighted by Gasteiger charge is 2.22. The summed E-state index contributed by atoms with van der Waals surface area (Å²) >= 11 is 0. The smallest absolute Gasteiger partial charge is 0.325 e. The molecule has 0 aromatic heterocycles. The van der Waals surface area contributed by atoms with Gasteiger partial charge in [-0.3, -0.25) is 14.4 Å². The number of rotatable bonds is 6. The summed E-state index contributed by atoms with van der Waals surface area (Å²) in [6.45, 7) is 4.69. The molecule has 1 amide bonds. The van der Waals surface area contributed by atoms with Crippen LogP contribution in [0.5, 0.6) is 0 Å². The van der Waals surface area contributed by atoms with Crippen molar-refractivity contribution in [3.05, 3.63) is 60.2 Å². The number of esters is 1. The zero-order valence-corrected chi connectivity index (χ0v) is 15.2. The zero-order chi connectivity index (χ0) is 19.2. The quantitative estimate of drug-likeness (QED) is 0.809. The van der Waals surface area contributed by atoms with Gasteiger partial charge in [0.05, 0.1) is 0 Å². The Hall–Kier alpha value is -2.95. The molecule has 0 fully saturated rings. The maximum absolute atomic E-state index is 12.1. The van der Waals surface area contributed by atoms with Gasteiger partial charge >= 0.3 is 5.97 Å². The van der Waals surface area contributed by atoms with Gasteiger partial charge < -0.3 is 10.1 Å². The van der Waals surface area contributed by atoms with Crippen molar-refractivity contribution < 1.29 is 19.1 Å². The molecule has 5 heteroatoms. The van der Waals surface area contributed by atoms with Gasteiger partial charge in [-0.2, -0.15) is 0 Å². The first kappa shape index (κ1) is 19.4. The fraction of sp³-hybridized carbons (Fsp3) is 0.286. The summed E-state index contributed by atoms with van der Waals surface area (Å²) in [5.41, 5.74) is 1.95. The maximum Gasteiger partial charge on any atom is 0.325 e. The Kier molecular flexibility index (Phi) is 6.28. The molecule has 5 nitrogen and oxygen atoms in total. The molecule has 0 aliphatic heterocycles. The molecule has 136 valence electrons. The van der Waals surface area contributed by atoms with E-state index in [0.717, 1.165) is 11.1 Å². The van der Waals surface area contributed by atoms with E-state index in [0.29, 0.717) is 5.56 Å². The van der Waals surface area contributed by atoms with Crippen molar-refractivity contribution in [1.29, 1.82) is 0 Å². The summed E-state index contributed by atoms with van der Waals surface area (Å²) in [4.78, 5) is 35.5. The molecule has 26 heavy (non-hydrogen) atoms. The highest BCUT2D eigenvalue weighted by Crippen LogP contribution is 2.19. The van der Waals surface area contributed by atoms with Crippen molar-refractivity contribution in [2.75, 3.05) is 13.2 Å². The van der Waals surface area contributed by atoms with Gasteiger partial charge in [0.2, 0.25) is 0 Å². The summed E-state index contributed by atoms with van der Waals surface area (Å²) in [6, 6.07) is 16.9. The predicted molar refractivity (Wildman–Crippen MR) is 99.6 cm³/mol. The van der Waals surface area contributed by atoms with E-state index in [4.69, 9.17) is 4.74 Å². The minimum atomic E-state index is -0.642. The van der Waals surface area contributed by atoms with Gasteiger partial charge in [-0.05, 0) is 23.3 Å². The molecule has 2 aromatic carbocycles. The van der Waals surface area contributed by atoms with Crippen molar-refractivity contribution in [2.45, 2.75) is 20.8 Å². The number of ketones is 1. The van der Waals surface area contributed by atoms with E-state index in [-0.39, 0.29) is 24.8 Å². The van der Waals surface area contributed by atoms with Crippen LogP contribution in [0.3, 0.4) is 0 Å². The molecular weight excluding hydrogens is 330 g/mol. The summed E-state index contributed by atoms with van der Waals surface area (Å²) in [5.74, 6) is -1.19. The molecule has 0 atom stereocenters. The molecule has 0 unspecified atom stereocenters. The van der Waals surface area contributed by atoms with Crippen LogP contribution < -0.4 is 5.32 Å². The van der Waals surface area contributed by atoms with Gasteiger partial charge in [0, 0.05) is 11.0 Å². The first-order chi connectivity index (χ1) is 12.3. The molecule has 0 aliphatic rings. The number of carbonyl (C=O) groups is 3. The lowest BCUT2D eigenvalue weighted by atomic mass is 9.91. The highest BCUT2D eigenvalue weighted by atomic mass is 16.5. The van der Waals surface area contributed by atoms with Crippen molar-refractivity contribution in [1.82, 2.24) is 5.32 Å². The SMILES string of the molecule is CC(C)(C)C(=O)COC(=O)CNC(=O)c1ccc(-c2ccccc2)cc1. The van der Waals surface area contributed by atoms with Gasteiger partial charge in [-0.25, -0.2) is 0 Å². The second-order valence-corrected chi connectivity index (χ2v) is 6.96. The zero-order valence-electron chi connectivity index (χ0n) is 15.2. The van der Waals surface area contributed by atoms with E-state index in [1.165, 1.54) is 0 Å². The number of Topliss-reactive ketones (excluding diaryl/α,β-unsaturated/α-hetero) is 1. The van der Waals surface area contributed by atoms with E-state index < -0.39 is 11.4 Å². The summed E-state index contributed by atoms with van der Waals surface area (Å²) < 4.78 is 4.89. The van der Waals surface area contributed by atoms with E-state index in [2.05, 4.69) is 5.32 Å². The first-order valence-electron chi connectivity index (χ1n) is 8.40. The van der Waals surface area contributed by atoms with Crippen LogP contribution in [-0.4, -0.2) is 30.8 Å². The number of carbonyl (C=O) groups excluding carboxylic acids is 3. The summed E-state index contributed by atoms with van der Waals surface area (Å²) in [7, 11) is 0. The van der Waals surface area contributed by atoms with Crippen LogP contribution in [-0.2, 0) is 14.3 Å². The Morgan fingerprint density at radius 3 is 2.04 bits per heavy atom. The second-order valence-electron chi connectivity index (χ2n) is 6.96. The van der Waals surface area contributed by atoms with Gasteiger partial charge in [0.15, 0.2) is 12.4 Å². The lowest BCUT2D eigenvalue weighted by molar-refractivity contribution is -0.149. The lowest BCUT2D eigenvalue weighted by Crippen LogP contribution is -2.33. The van der Waals surface area contributed by atoms with Crippen molar-refractivity contribution in [2.24, 2.45) is 5.41 Å². The van der Waals surface area contributed by atoms with Gasteiger partial charge in [0.1, 0.15) is 6.54 Å². The third-order valence-electron chi connectivity index (χ3n) is 3.85. The van der Waals surface area contributed by atoms with Crippen LogP contribution in [0.4, 0.5) is 0 Å². The Bertz CT molecular complexity index is 774. The molecular formula is C21H23NO4. The minimum absolute atomic E-state index is 0.173. The standard InChI is InChI=1S/C21H23NO4/c1-21(2,3)18(23)14-26-19(24)13-22-20(25)17-11-9-16(10-12-17)15-7-5-4-6-8-15/h4-12H,13-14H2,1-3H3,(H,22,25). The van der Waals surface area contributed by atoms with Crippen LogP contribution >= 0.6 is 0 Å². The largest absolute Gasteiger partial charge is 0.456 e. The van der Waals surface area contributed by atoms with Gasteiger partial charge in [-0.1, -0.05) is 63.2 Å². The molecule has 1 N–H and O–H groups in total. The summed E-state index contributed by atoms with van der Waals surface area (Å²) in [6.07, 6.45) is 0. The average molecular weight is 353 g/mol. The Labute approximate surface area is 153 Å². The number of hydrogen-bond acceptors (Lipinski definition) is 4. The first-order valence-corrected chi connectivity index (χ1v) is 8.40.